The monoisotopic (exact) mass is 419 g/mol. The molecule has 7 nitrogen and oxygen atoms in total. The molecule has 1 unspecified atom stereocenters. The lowest BCUT2D eigenvalue weighted by atomic mass is 9.86. The van der Waals surface area contributed by atoms with Crippen LogP contribution in [0.25, 0.3) is 11.3 Å². The molecule has 0 fully saturated rings. The van der Waals surface area contributed by atoms with Crippen LogP contribution in [0.15, 0.2) is 58.5 Å². The van der Waals surface area contributed by atoms with Crippen molar-refractivity contribution in [1.29, 1.82) is 0 Å². The van der Waals surface area contributed by atoms with E-state index in [2.05, 4.69) is 15.0 Å². The number of rotatable bonds is 5. The second kappa shape index (κ2) is 7.79. The number of thiophene rings is 1. The molecule has 8 heteroatoms. The van der Waals surface area contributed by atoms with Gasteiger partial charge in [0.1, 0.15) is 5.69 Å². The topological polar surface area (TPSA) is 102 Å². The Hall–Kier alpha value is -3.39. The molecule has 30 heavy (non-hydrogen) atoms. The van der Waals surface area contributed by atoms with Gasteiger partial charge in [0.15, 0.2) is 11.7 Å². The maximum atomic E-state index is 12.7. The van der Waals surface area contributed by atoms with E-state index >= 15 is 0 Å². The van der Waals surface area contributed by atoms with Crippen LogP contribution in [-0.4, -0.2) is 39.6 Å². The Morgan fingerprint density at radius 3 is 2.77 bits per heavy atom. The molecule has 0 saturated carbocycles. The molecular formula is C22H21N5O2S. The van der Waals surface area contributed by atoms with Crippen molar-refractivity contribution in [3.8, 4) is 11.3 Å². The van der Waals surface area contributed by atoms with Crippen LogP contribution in [0.4, 0.5) is 0 Å². The minimum Gasteiger partial charge on any atom is -0.369 e. The summed E-state index contributed by atoms with van der Waals surface area (Å²) in [7, 11) is 1.61. The summed E-state index contributed by atoms with van der Waals surface area (Å²) in [6.45, 7) is 1.88. The molecule has 0 spiro atoms. The molecule has 152 valence electrons. The Morgan fingerprint density at radius 2 is 2.10 bits per heavy atom. The Labute approximate surface area is 178 Å². The molecule has 2 aromatic heterocycles. The normalized spacial score (nSPS) is 18.9. The SMILES string of the molecule is CN1C(=O)CC(C)(c2cccc(CC(=O)c3cnc(-c4ccsc4)cn3)c2)N=C1N. The van der Waals surface area contributed by atoms with E-state index in [0.29, 0.717) is 5.69 Å². The summed E-state index contributed by atoms with van der Waals surface area (Å²) in [5.74, 6) is -0.0205. The number of ketones is 1. The number of hydrogen-bond acceptors (Lipinski definition) is 7. The molecule has 4 rings (SSSR count). The first-order valence-electron chi connectivity index (χ1n) is 9.45. The van der Waals surface area contributed by atoms with E-state index in [9.17, 15) is 9.59 Å². The summed E-state index contributed by atoms with van der Waals surface area (Å²) in [5.41, 5.74) is 8.87. The van der Waals surface area contributed by atoms with E-state index in [1.165, 1.54) is 11.1 Å². The molecule has 0 saturated heterocycles. The molecule has 1 aliphatic heterocycles. The van der Waals surface area contributed by atoms with Gasteiger partial charge < -0.3 is 5.73 Å². The fourth-order valence-electron chi connectivity index (χ4n) is 3.40. The number of aromatic nitrogens is 2. The Kier molecular flexibility index (Phi) is 5.17. The lowest BCUT2D eigenvalue weighted by Gasteiger charge is -2.33. The van der Waals surface area contributed by atoms with E-state index < -0.39 is 5.54 Å². The third kappa shape index (κ3) is 3.86. The first-order valence-corrected chi connectivity index (χ1v) is 10.4. The molecule has 0 bridgehead atoms. The van der Waals surface area contributed by atoms with E-state index in [1.807, 2.05) is 48.0 Å². The summed E-state index contributed by atoms with van der Waals surface area (Å²) in [6, 6.07) is 9.51. The van der Waals surface area contributed by atoms with Crippen molar-refractivity contribution in [2.45, 2.75) is 25.3 Å². The van der Waals surface area contributed by atoms with Crippen molar-refractivity contribution < 1.29 is 9.59 Å². The number of Topliss-reactive ketones (excluding diaryl/α,β-unsaturated/α-hetero) is 1. The summed E-state index contributed by atoms with van der Waals surface area (Å²) in [6.07, 6.45) is 3.54. The molecule has 1 aromatic carbocycles. The first kappa shape index (κ1) is 19.9. The van der Waals surface area contributed by atoms with Gasteiger partial charge in [-0.2, -0.15) is 11.3 Å². The molecule has 1 atom stereocenters. The smallest absolute Gasteiger partial charge is 0.231 e. The van der Waals surface area contributed by atoms with Crippen molar-refractivity contribution in [1.82, 2.24) is 14.9 Å². The van der Waals surface area contributed by atoms with Gasteiger partial charge in [0.25, 0.3) is 0 Å². The van der Waals surface area contributed by atoms with Crippen molar-refractivity contribution in [3.63, 3.8) is 0 Å². The summed E-state index contributed by atoms with van der Waals surface area (Å²) < 4.78 is 0. The average molecular weight is 420 g/mol. The van der Waals surface area contributed by atoms with Gasteiger partial charge >= 0.3 is 0 Å². The zero-order valence-corrected chi connectivity index (χ0v) is 17.5. The first-order chi connectivity index (χ1) is 14.4. The predicted molar refractivity (Wildman–Crippen MR) is 116 cm³/mol. The minimum atomic E-state index is -0.755. The third-order valence-electron chi connectivity index (χ3n) is 5.24. The van der Waals surface area contributed by atoms with Crippen LogP contribution in [0, 0.1) is 0 Å². The largest absolute Gasteiger partial charge is 0.369 e. The molecular weight excluding hydrogens is 398 g/mol. The third-order valence-corrected chi connectivity index (χ3v) is 5.93. The number of nitrogens with zero attached hydrogens (tertiary/aromatic N) is 4. The van der Waals surface area contributed by atoms with Crippen LogP contribution < -0.4 is 5.73 Å². The van der Waals surface area contributed by atoms with Crippen molar-refractivity contribution in [3.05, 3.63) is 70.3 Å². The summed E-state index contributed by atoms with van der Waals surface area (Å²) in [5, 5.41) is 3.96. The number of nitrogens with two attached hydrogens (primary N) is 1. The van der Waals surface area contributed by atoms with Gasteiger partial charge in [-0.3, -0.25) is 19.5 Å². The Bertz CT molecular complexity index is 1120. The highest BCUT2D eigenvalue weighted by atomic mass is 32.1. The molecule has 0 radical (unpaired) electrons. The van der Waals surface area contributed by atoms with Crippen LogP contribution in [0.5, 0.6) is 0 Å². The van der Waals surface area contributed by atoms with Gasteiger partial charge in [0, 0.05) is 24.4 Å². The van der Waals surface area contributed by atoms with Crippen molar-refractivity contribution in [2.75, 3.05) is 7.05 Å². The fourth-order valence-corrected chi connectivity index (χ4v) is 4.05. The Morgan fingerprint density at radius 1 is 1.27 bits per heavy atom. The summed E-state index contributed by atoms with van der Waals surface area (Å²) in [4.78, 5) is 39.5. The number of benzene rings is 1. The number of guanidine groups is 1. The lowest BCUT2D eigenvalue weighted by molar-refractivity contribution is -0.128. The van der Waals surface area contributed by atoms with E-state index in [4.69, 9.17) is 5.73 Å². The highest BCUT2D eigenvalue weighted by molar-refractivity contribution is 7.08. The average Bonchev–Trinajstić information content (AvgIpc) is 3.27. The van der Waals surface area contributed by atoms with Crippen LogP contribution in [0.2, 0.25) is 0 Å². The standard InChI is InChI=1S/C22H21N5O2S/c1-22(10-20(29)27(2)21(23)26-22)16-5-3-4-14(8-16)9-19(28)18-12-24-17(11-25-18)15-6-7-30-13-15/h3-8,11-13H,9-10H2,1-2H3,(H2,23,26). The maximum Gasteiger partial charge on any atom is 0.231 e. The van der Waals surface area contributed by atoms with Crippen molar-refractivity contribution in [2.24, 2.45) is 10.7 Å². The zero-order chi connectivity index (χ0) is 21.3. The zero-order valence-electron chi connectivity index (χ0n) is 16.7. The second-order valence-electron chi connectivity index (χ2n) is 7.47. The fraction of sp³-hybridized carbons (Fsp3) is 0.227. The quantitative estimate of drug-likeness (QED) is 0.641. The van der Waals surface area contributed by atoms with Gasteiger partial charge in [-0.15, -0.1) is 0 Å². The van der Waals surface area contributed by atoms with Crippen LogP contribution in [0.1, 0.15) is 35.0 Å². The Balaban J connectivity index is 1.53. The summed E-state index contributed by atoms with van der Waals surface area (Å²) >= 11 is 1.58. The highest BCUT2D eigenvalue weighted by Crippen LogP contribution is 2.33. The van der Waals surface area contributed by atoms with Crippen molar-refractivity contribution >= 4 is 29.0 Å². The van der Waals surface area contributed by atoms with Gasteiger partial charge in [0.05, 0.1) is 30.0 Å². The highest BCUT2D eigenvalue weighted by Gasteiger charge is 2.36. The number of carbonyl (C=O) groups is 2. The molecule has 1 amide bonds. The molecule has 1 aliphatic rings. The van der Waals surface area contributed by atoms with Crippen LogP contribution in [-0.2, 0) is 16.8 Å². The number of hydrogen-bond donors (Lipinski definition) is 1. The van der Waals surface area contributed by atoms with E-state index in [-0.39, 0.29) is 30.5 Å². The van der Waals surface area contributed by atoms with E-state index in [0.717, 1.165) is 22.4 Å². The molecule has 0 aliphatic carbocycles. The van der Waals surface area contributed by atoms with Gasteiger partial charge in [-0.1, -0.05) is 24.3 Å². The maximum absolute atomic E-state index is 12.7. The van der Waals surface area contributed by atoms with Gasteiger partial charge in [0.2, 0.25) is 5.91 Å². The number of amides is 1. The lowest BCUT2D eigenvalue weighted by Crippen LogP contribution is -2.47. The molecule has 3 heterocycles. The van der Waals surface area contributed by atoms with Gasteiger partial charge in [-0.05, 0) is 29.5 Å². The molecule has 2 N–H and O–H groups in total. The minimum absolute atomic E-state index is 0.0903. The van der Waals surface area contributed by atoms with Crippen LogP contribution in [0.3, 0.4) is 0 Å². The van der Waals surface area contributed by atoms with Gasteiger partial charge in [-0.25, -0.2) is 9.98 Å². The van der Waals surface area contributed by atoms with Crippen LogP contribution >= 0.6 is 11.3 Å². The van der Waals surface area contributed by atoms with E-state index in [1.54, 1.807) is 24.6 Å². The second-order valence-corrected chi connectivity index (χ2v) is 8.25. The molecule has 3 aromatic rings. The predicted octanol–water partition coefficient (Wildman–Crippen LogP) is 3.02. The number of aliphatic imine (C=N–C) groups is 1. The number of carbonyl (C=O) groups excluding carboxylic acids is 2.